The Morgan fingerprint density at radius 1 is 1.06 bits per heavy atom. The summed E-state index contributed by atoms with van der Waals surface area (Å²) in [5.74, 6) is -2.09. The van der Waals surface area contributed by atoms with Gasteiger partial charge in [0.25, 0.3) is 17.5 Å². The van der Waals surface area contributed by atoms with Gasteiger partial charge in [0.15, 0.2) is 0 Å². The lowest BCUT2D eigenvalue weighted by molar-refractivity contribution is -0.384. The van der Waals surface area contributed by atoms with Gasteiger partial charge in [-0.15, -0.1) is 0 Å². The lowest BCUT2D eigenvalue weighted by Gasteiger charge is -2.26. The number of halogens is 3. The molecule has 1 aliphatic heterocycles. The molecule has 0 unspecified atom stereocenters. The van der Waals surface area contributed by atoms with Crippen LogP contribution in [0.1, 0.15) is 11.1 Å². The number of amides is 4. The number of carbonyl (C=O) groups excluding carboxylic acids is 3. The zero-order chi connectivity index (χ0) is 26.0. The Hall–Kier alpha value is -3.90. The van der Waals surface area contributed by atoms with Gasteiger partial charge in [0.05, 0.1) is 15.1 Å². The number of benzene rings is 3. The van der Waals surface area contributed by atoms with E-state index in [2.05, 4.69) is 37.2 Å². The molecule has 0 bridgehead atoms. The van der Waals surface area contributed by atoms with Crippen LogP contribution in [0.3, 0.4) is 0 Å². The van der Waals surface area contributed by atoms with Gasteiger partial charge < -0.3 is 4.74 Å². The maximum Gasteiger partial charge on any atom is 0.335 e. The lowest BCUT2D eigenvalue weighted by Crippen LogP contribution is -2.54. The van der Waals surface area contributed by atoms with Gasteiger partial charge in [0.1, 0.15) is 23.7 Å². The Morgan fingerprint density at radius 3 is 2.53 bits per heavy atom. The molecule has 4 rings (SSSR count). The van der Waals surface area contributed by atoms with E-state index in [1.807, 2.05) is 0 Å². The first-order valence-electron chi connectivity index (χ1n) is 10.2. The minimum Gasteiger partial charge on any atom is -0.487 e. The standard InChI is InChI=1S/C24H14Br2FN3O6/c25-15-8-14(21(20(26)10-15)36-12-13-3-1-4-16(27)7-13)9-19-22(31)28-24(33)29(23(19)32)17-5-2-6-18(11-17)30(34)35/h1-11H,12H2,(H,28,31,33)/b19-9+. The molecule has 3 aromatic rings. The number of ether oxygens (including phenoxy) is 1. The topological polar surface area (TPSA) is 119 Å². The number of nitrogens with zero attached hydrogens (tertiary/aromatic N) is 2. The summed E-state index contributed by atoms with van der Waals surface area (Å²) in [4.78, 5) is 49.4. The summed E-state index contributed by atoms with van der Waals surface area (Å²) in [7, 11) is 0. The average molecular weight is 619 g/mol. The van der Waals surface area contributed by atoms with Gasteiger partial charge >= 0.3 is 6.03 Å². The zero-order valence-corrected chi connectivity index (χ0v) is 21.2. The van der Waals surface area contributed by atoms with E-state index in [1.165, 1.54) is 42.5 Å². The van der Waals surface area contributed by atoms with Gasteiger partial charge in [0, 0.05) is 22.2 Å². The van der Waals surface area contributed by atoms with E-state index in [0.717, 1.165) is 6.07 Å². The number of imide groups is 2. The second-order valence-corrected chi connectivity index (χ2v) is 9.23. The maximum absolute atomic E-state index is 13.5. The van der Waals surface area contributed by atoms with Crippen molar-refractivity contribution in [3.05, 3.63) is 102 Å². The van der Waals surface area contributed by atoms with E-state index in [9.17, 15) is 28.9 Å². The summed E-state index contributed by atoms with van der Waals surface area (Å²) < 4.78 is 20.5. The number of non-ortho nitro benzene ring substituents is 1. The van der Waals surface area contributed by atoms with Crippen LogP contribution in [-0.2, 0) is 16.2 Å². The molecular weight excluding hydrogens is 605 g/mol. The van der Waals surface area contributed by atoms with Crippen LogP contribution >= 0.6 is 31.9 Å². The number of nitrogens with one attached hydrogen (secondary N) is 1. The molecule has 1 fully saturated rings. The molecule has 0 spiro atoms. The van der Waals surface area contributed by atoms with Crippen molar-refractivity contribution in [1.82, 2.24) is 5.32 Å². The van der Waals surface area contributed by atoms with Gasteiger partial charge in [-0.25, -0.2) is 14.1 Å². The van der Waals surface area contributed by atoms with E-state index < -0.39 is 34.2 Å². The number of barbiturate groups is 1. The summed E-state index contributed by atoms with van der Waals surface area (Å²) >= 11 is 6.74. The number of nitro benzene ring substituents is 1. The molecule has 182 valence electrons. The van der Waals surface area contributed by atoms with Crippen LogP contribution in [0.2, 0.25) is 0 Å². The molecule has 1 N–H and O–H groups in total. The van der Waals surface area contributed by atoms with E-state index in [4.69, 9.17) is 4.74 Å². The summed E-state index contributed by atoms with van der Waals surface area (Å²) in [6, 6.07) is 13.0. The quantitative estimate of drug-likeness (QED) is 0.169. The van der Waals surface area contributed by atoms with Crippen molar-refractivity contribution >= 4 is 67.2 Å². The second-order valence-electron chi connectivity index (χ2n) is 7.46. The Kier molecular flexibility index (Phi) is 7.27. The van der Waals surface area contributed by atoms with Crippen molar-refractivity contribution in [1.29, 1.82) is 0 Å². The van der Waals surface area contributed by atoms with E-state index in [-0.39, 0.29) is 23.7 Å². The smallest absolute Gasteiger partial charge is 0.335 e. The van der Waals surface area contributed by atoms with Crippen molar-refractivity contribution in [2.75, 3.05) is 4.90 Å². The largest absolute Gasteiger partial charge is 0.487 e. The molecule has 36 heavy (non-hydrogen) atoms. The molecule has 0 saturated carbocycles. The van der Waals surface area contributed by atoms with Crippen LogP contribution in [0, 0.1) is 15.9 Å². The van der Waals surface area contributed by atoms with Crippen LogP contribution in [0.15, 0.2) is 75.2 Å². The normalized spacial score (nSPS) is 14.7. The van der Waals surface area contributed by atoms with Crippen LogP contribution in [0.5, 0.6) is 5.75 Å². The first kappa shape index (κ1) is 25.2. The summed E-state index contributed by atoms with van der Waals surface area (Å²) in [6.07, 6.45) is 1.24. The van der Waals surface area contributed by atoms with Crippen LogP contribution < -0.4 is 15.0 Å². The van der Waals surface area contributed by atoms with Gasteiger partial charge in [-0.2, -0.15) is 0 Å². The molecule has 9 nitrogen and oxygen atoms in total. The van der Waals surface area contributed by atoms with Crippen molar-refractivity contribution < 1.29 is 28.4 Å². The molecule has 1 heterocycles. The fraction of sp³-hybridized carbons (Fsp3) is 0.0417. The number of carbonyl (C=O) groups is 3. The van der Waals surface area contributed by atoms with Crippen LogP contribution in [0.4, 0.5) is 20.6 Å². The first-order valence-corrected chi connectivity index (χ1v) is 11.7. The Labute approximate surface area is 220 Å². The highest BCUT2D eigenvalue weighted by Crippen LogP contribution is 2.36. The Balaban J connectivity index is 1.72. The molecule has 0 radical (unpaired) electrons. The van der Waals surface area contributed by atoms with E-state index in [0.29, 0.717) is 25.0 Å². The third kappa shape index (κ3) is 5.34. The molecule has 12 heteroatoms. The highest BCUT2D eigenvalue weighted by Gasteiger charge is 2.37. The molecule has 0 atom stereocenters. The SMILES string of the molecule is O=C1NC(=O)N(c2cccc([N+](=O)[O-])c2)C(=O)/C1=C/c1cc(Br)cc(Br)c1OCc1cccc(F)c1. The van der Waals surface area contributed by atoms with Crippen molar-refractivity contribution in [3.8, 4) is 5.75 Å². The monoisotopic (exact) mass is 617 g/mol. The predicted molar refractivity (Wildman–Crippen MR) is 135 cm³/mol. The molecule has 3 aromatic carbocycles. The number of rotatable bonds is 6. The Bertz CT molecular complexity index is 1460. The lowest BCUT2D eigenvalue weighted by atomic mass is 10.1. The van der Waals surface area contributed by atoms with Crippen LogP contribution in [-0.4, -0.2) is 22.8 Å². The molecule has 1 saturated heterocycles. The summed E-state index contributed by atoms with van der Waals surface area (Å²) in [6.45, 7) is -0.00734. The number of anilines is 1. The van der Waals surface area contributed by atoms with Crippen molar-refractivity contribution in [3.63, 3.8) is 0 Å². The summed E-state index contributed by atoms with van der Waals surface area (Å²) in [5.41, 5.74) is 0.0427. The Morgan fingerprint density at radius 2 is 1.81 bits per heavy atom. The highest BCUT2D eigenvalue weighted by molar-refractivity contribution is 9.11. The first-order chi connectivity index (χ1) is 17.1. The fourth-order valence-corrected chi connectivity index (χ4v) is 4.79. The van der Waals surface area contributed by atoms with Crippen molar-refractivity contribution in [2.24, 2.45) is 0 Å². The zero-order valence-electron chi connectivity index (χ0n) is 18.0. The highest BCUT2D eigenvalue weighted by atomic mass is 79.9. The van der Waals surface area contributed by atoms with Crippen LogP contribution in [0.25, 0.3) is 6.08 Å². The van der Waals surface area contributed by atoms with Gasteiger partial charge in [-0.05, 0) is 57.9 Å². The minimum atomic E-state index is -1.04. The fourth-order valence-electron chi connectivity index (χ4n) is 3.42. The number of hydrogen-bond acceptors (Lipinski definition) is 6. The maximum atomic E-state index is 13.5. The van der Waals surface area contributed by atoms with E-state index >= 15 is 0 Å². The average Bonchev–Trinajstić information content (AvgIpc) is 2.81. The minimum absolute atomic E-state index is 0.00734. The molecule has 4 amide bonds. The van der Waals surface area contributed by atoms with Gasteiger partial charge in [-0.3, -0.25) is 25.0 Å². The number of nitro groups is 1. The van der Waals surface area contributed by atoms with E-state index in [1.54, 1.807) is 18.2 Å². The summed E-state index contributed by atoms with van der Waals surface area (Å²) in [5, 5.41) is 13.2. The number of hydrogen-bond donors (Lipinski definition) is 1. The molecular formula is C24H14Br2FN3O6. The molecule has 0 aliphatic carbocycles. The number of urea groups is 1. The predicted octanol–water partition coefficient (Wildman–Crippen LogP) is 5.50. The van der Waals surface area contributed by atoms with Crippen molar-refractivity contribution in [2.45, 2.75) is 6.61 Å². The second kappa shape index (κ2) is 10.4. The van der Waals surface area contributed by atoms with Gasteiger partial charge in [-0.1, -0.05) is 34.1 Å². The molecule has 1 aliphatic rings. The third-order valence-corrected chi connectivity index (χ3v) is 6.06. The van der Waals surface area contributed by atoms with Gasteiger partial charge in [0.2, 0.25) is 0 Å². The molecule has 0 aromatic heterocycles. The third-order valence-electron chi connectivity index (χ3n) is 5.01.